The molecule has 0 aromatic heterocycles. The van der Waals surface area contributed by atoms with E-state index in [1.165, 1.54) is 11.1 Å². The summed E-state index contributed by atoms with van der Waals surface area (Å²) in [6.07, 6.45) is 1.53. The van der Waals surface area contributed by atoms with Crippen molar-refractivity contribution < 1.29 is 4.79 Å². The molecule has 0 radical (unpaired) electrons. The highest BCUT2D eigenvalue weighted by Crippen LogP contribution is 2.26. The van der Waals surface area contributed by atoms with Crippen molar-refractivity contribution in [3.05, 3.63) is 71.8 Å². The van der Waals surface area contributed by atoms with Crippen LogP contribution in [0.5, 0.6) is 0 Å². The summed E-state index contributed by atoms with van der Waals surface area (Å²) in [7, 11) is 0. The molecule has 0 amide bonds. The molecule has 2 aromatic carbocycles. The predicted octanol–water partition coefficient (Wildman–Crippen LogP) is 3.88. The number of likely N-dealkylation sites (tertiary alicyclic amines) is 1. The van der Waals surface area contributed by atoms with E-state index in [1.807, 2.05) is 24.3 Å². The Bertz CT molecular complexity index is 608. The van der Waals surface area contributed by atoms with E-state index in [-0.39, 0.29) is 5.92 Å². The third kappa shape index (κ3) is 3.45. The first-order valence-corrected chi connectivity index (χ1v) is 8.09. The summed E-state index contributed by atoms with van der Waals surface area (Å²) in [5, 5.41) is 0. The lowest BCUT2D eigenvalue weighted by molar-refractivity contribution is -0.126. The average molecular weight is 293 g/mol. The molecule has 114 valence electrons. The van der Waals surface area contributed by atoms with Crippen LogP contribution >= 0.6 is 0 Å². The summed E-state index contributed by atoms with van der Waals surface area (Å²) in [4.78, 5) is 14.7. The van der Waals surface area contributed by atoms with Crippen LogP contribution in [-0.4, -0.2) is 23.8 Å². The lowest BCUT2D eigenvalue weighted by Crippen LogP contribution is -2.42. The maximum Gasteiger partial charge on any atom is 0.138 e. The van der Waals surface area contributed by atoms with Gasteiger partial charge in [-0.05, 0) is 24.5 Å². The van der Waals surface area contributed by atoms with Gasteiger partial charge < -0.3 is 0 Å². The second-order valence-electron chi connectivity index (χ2n) is 6.18. The zero-order valence-electron chi connectivity index (χ0n) is 13.1. The number of hydrogen-bond donors (Lipinski definition) is 0. The van der Waals surface area contributed by atoms with Gasteiger partial charge in [0.25, 0.3) is 0 Å². The van der Waals surface area contributed by atoms with E-state index in [2.05, 4.69) is 48.2 Å². The second-order valence-corrected chi connectivity index (χ2v) is 6.18. The Morgan fingerprint density at radius 2 is 1.68 bits per heavy atom. The van der Waals surface area contributed by atoms with Crippen LogP contribution in [0.25, 0.3) is 0 Å². The molecule has 2 aromatic rings. The highest BCUT2D eigenvalue weighted by Gasteiger charge is 2.29. The van der Waals surface area contributed by atoms with Crippen molar-refractivity contribution in [3.8, 4) is 0 Å². The minimum Gasteiger partial charge on any atom is -0.299 e. The van der Waals surface area contributed by atoms with Crippen LogP contribution in [0.3, 0.4) is 0 Å². The van der Waals surface area contributed by atoms with E-state index in [0.717, 1.165) is 19.5 Å². The van der Waals surface area contributed by atoms with Gasteiger partial charge in [-0.2, -0.15) is 0 Å². The van der Waals surface area contributed by atoms with Crippen LogP contribution in [0.1, 0.15) is 30.5 Å². The molecule has 1 heterocycles. The fourth-order valence-electron chi connectivity index (χ4n) is 3.31. The fourth-order valence-corrected chi connectivity index (χ4v) is 3.31. The van der Waals surface area contributed by atoms with Gasteiger partial charge in [0.15, 0.2) is 0 Å². The molecule has 1 aliphatic heterocycles. The minimum atomic E-state index is 0.127. The number of Topliss-reactive ketones (excluding diaryl/α,β-unsaturated/α-hetero) is 1. The fraction of sp³-hybridized carbons (Fsp3) is 0.350. The Morgan fingerprint density at radius 3 is 2.36 bits per heavy atom. The van der Waals surface area contributed by atoms with E-state index in [9.17, 15) is 4.79 Å². The zero-order valence-corrected chi connectivity index (χ0v) is 13.1. The third-order valence-electron chi connectivity index (χ3n) is 4.71. The maximum atomic E-state index is 12.3. The molecule has 0 spiro atoms. The number of rotatable bonds is 4. The number of benzene rings is 2. The van der Waals surface area contributed by atoms with Crippen molar-refractivity contribution >= 4 is 5.78 Å². The van der Waals surface area contributed by atoms with Gasteiger partial charge in [0.05, 0.1) is 0 Å². The number of carbonyl (C=O) groups is 1. The van der Waals surface area contributed by atoms with Gasteiger partial charge in [-0.15, -0.1) is 0 Å². The van der Waals surface area contributed by atoms with Gasteiger partial charge in [0, 0.05) is 31.5 Å². The molecule has 2 atom stereocenters. The summed E-state index contributed by atoms with van der Waals surface area (Å²) >= 11 is 0. The van der Waals surface area contributed by atoms with E-state index in [0.29, 0.717) is 18.2 Å². The molecule has 1 fully saturated rings. The summed E-state index contributed by atoms with van der Waals surface area (Å²) in [6, 6.07) is 21.3. The quantitative estimate of drug-likeness (QED) is 0.852. The van der Waals surface area contributed by atoms with Gasteiger partial charge in [-0.25, -0.2) is 0 Å². The van der Waals surface area contributed by atoms with Crippen LogP contribution in [0.4, 0.5) is 0 Å². The highest BCUT2D eigenvalue weighted by molar-refractivity contribution is 5.82. The minimum absolute atomic E-state index is 0.127. The molecule has 0 saturated carbocycles. The van der Waals surface area contributed by atoms with Crippen LogP contribution in [0, 0.1) is 5.92 Å². The first-order valence-electron chi connectivity index (χ1n) is 8.09. The summed E-state index contributed by atoms with van der Waals surface area (Å²) < 4.78 is 0. The first kappa shape index (κ1) is 15.0. The molecule has 2 heteroatoms. The summed E-state index contributed by atoms with van der Waals surface area (Å²) in [6.45, 7) is 3.98. The molecule has 2 nitrogen and oxygen atoms in total. The lowest BCUT2D eigenvalue weighted by atomic mass is 9.89. The Balaban J connectivity index is 1.69. The number of nitrogens with zero attached hydrogens (tertiary/aromatic N) is 1. The van der Waals surface area contributed by atoms with Crippen LogP contribution in [-0.2, 0) is 11.2 Å². The number of piperidine rings is 1. The molecular weight excluding hydrogens is 270 g/mol. The molecule has 0 N–H and O–H groups in total. The Hall–Kier alpha value is -1.93. The topological polar surface area (TPSA) is 20.3 Å². The van der Waals surface area contributed by atoms with Gasteiger partial charge in [-0.3, -0.25) is 9.69 Å². The number of ketones is 1. The SMILES string of the molecule is CC(c1ccccc1)N1CCC(=O)C(Cc2ccccc2)C1. The van der Waals surface area contributed by atoms with E-state index >= 15 is 0 Å². The molecule has 3 rings (SSSR count). The maximum absolute atomic E-state index is 12.3. The van der Waals surface area contributed by atoms with Crippen LogP contribution in [0.2, 0.25) is 0 Å². The lowest BCUT2D eigenvalue weighted by Gasteiger charge is -2.36. The largest absolute Gasteiger partial charge is 0.299 e. The number of hydrogen-bond acceptors (Lipinski definition) is 2. The smallest absolute Gasteiger partial charge is 0.138 e. The van der Waals surface area contributed by atoms with Crippen molar-refractivity contribution in [1.29, 1.82) is 0 Å². The van der Waals surface area contributed by atoms with Crippen molar-refractivity contribution in [2.45, 2.75) is 25.8 Å². The highest BCUT2D eigenvalue weighted by atomic mass is 16.1. The molecule has 0 aliphatic carbocycles. The molecule has 1 aliphatic rings. The van der Waals surface area contributed by atoms with Crippen LogP contribution < -0.4 is 0 Å². The van der Waals surface area contributed by atoms with Crippen molar-refractivity contribution in [2.24, 2.45) is 5.92 Å². The Morgan fingerprint density at radius 1 is 1.05 bits per heavy atom. The van der Waals surface area contributed by atoms with Gasteiger partial charge in [0.1, 0.15) is 5.78 Å². The van der Waals surface area contributed by atoms with Gasteiger partial charge in [0.2, 0.25) is 0 Å². The molecule has 2 unspecified atom stereocenters. The molecule has 0 bridgehead atoms. The zero-order chi connectivity index (χ0) is 15.4. The average Bonchev–Trinajstić information content (AvgIpc) is 2.58. The van der Waals surface area contributed by atoms with E-state index < -0.39 is 0 Å². The molecule has 22 heavy (non-hydrogen) atoms. The molecule has 1 saturated heterocycles. The first-order chi connectivity index (χ1) is 10.7. The van der Waals surface area contributed by atoms with E-state index in [1.54, 1.807) is 0 Å². The Labute approximate surface area is 132 Å². The van der Waals surface area contributed by atoms with Gasteiger partial charge in [-0.1, -0.05) is 60.7 Å². The third-order valence-corrected chi connectivity index (χ3v) is 4.71. The monoisotopic (exact) mass is 293 g/mol. The van der Waals surface area contributed by atoms with Crippen LogP contribution in [0.15, 0.2) is 60.7 Å². The standard InChI is InChI=1S/C20H23NO/c1-16(18-10-6-3-7-11-18)21-13-12-20(22)19(15-21)14-17-8-4-2-5-9-17/h2-11,16,19H,12-15H2,1H3. The second kappa shape index (κ2) is 6.89. The predicted molar refractivity (Wildman–Crippen MR) is 89.7 cm³/mol. The molecular formula is C20H23NO. The number of carbonyl (C=O) groups excluding carboxylic acids is 1. The van der Waals surface area contributed by atoms with Gasteiger partial charge >= 0.3 is 0 Å². The normalized spacial score (nSPS) is 20.8. The van der Waals surface area contributed by atoms with Crippen molar-refractivity contribution in [2.75, 3.05) is 13.1 Å². The summed E-state index contributed by atoms with van der Waals surface area (Å²) in [5.74, 6) is 0.544. The summed E-state index contributed by atoms with van der Waals surface area (Å²) in [5.41, 5.74) is 2.59. The van der Waals surface area contributed by atoms with Crippen molar-refractivity contribution in [1.82, 2.24) is 4.90 Å². The van der Waals surface area contributed by atoms with Crippen molar-refractivity contribution in [3.63, 3.8) is 0 Å². The Kier molecular flexibility index (Phi) is 4.69. The van der Waals surface area contributed by atoms with E-state index in [4.69, 9.17) is 0 Å².